The fourth-order valence-corrected chi connectivity index (χ4v) is 4.95. The second-order valence-electron chi connectivity index (χ2n) is 7.18. The predicted molar refractivity (Wildman–Crippen MR) is 109 cm³/mol. The molecule has 28 heavy (non-hydrogen) atoms. The minimum atomic E-state index is -3.55. The zero-order valence-corrected chi connectivity index (χ0v) is 18.0. The van der Waals surface area contributed by atoms with Gasteiger partial charge < -0.3 is 9.88 Å². The third-order valence-corrected chi connectivity index (χ3v) is 6.95. The second-order valence-corrected chi connectivity index (χ2v) is 10.2. The Morgan fingerprint density at radius 1 is 1.18 bits per heavy atom. The molecule has 0 radical (unpaired) electrons. The number of nitrogens with zero attached hydrogens (tertiary/aromatic N) is 3. The van der Waals surface area contributed by atoms with Crippen molar-refractivity contribution in [1.29, 1.82) is 0 Å². The van der Waals surface area contributed by atoms with Crippen LogP contribution in [-0.4, -0.2) is 40.4 Å². The summed E-state index contributed by atoms with van der Waals surface area (Å²) in [5, 5.41) is 11.5. The lowest BCUT2D eigenvalue weighted by Gasteiger charge is -2.13. The third kappa shape index (κ3) is 4.92. The molecule has 0 saturated heterocycles. The molecule has 0 aliphatic heterocycles. The van der Waals surface area contributed by atoms with E-state index in [1.54, 1.807) is 26.0 Å². The highest BCUT2D eigenvalue weighted by Gasteiger charge is 2.29. The first-order valence-electron chi connectivity index (χ1n) is 9.19. The maximum atomic E-state index is 12.5. The summed E-state index contributed by atoms with van der Waals surface area (Å²) in [7, 11) is -3.55. The van der Waals surface area contributed by atoms with Crippen molar-refractivity contribution in [2.45, 2.75) is 67.9 Å². The molecular formula is C18H25N5O3S2. The molecule has 1 amide bonds. The molecule has 2 aromatic rings. The van der Waals surface area contributed by atoms with Crippen LogP contribution in [0.2, 0.25) is 0 Å². The number of carbonyl (C=O) groups excluding carboxylic acids is 1. The molecule has 1 aromatic carbocycles. The normalized spacial score (nSPS) is 15.6. The van der Waals surface area contributed by atoms with Crippen LogP contribution < -0.4 is 10.0 Å². The molecule has 1 atom stereocenters. The van der Waals surface area contributed by atoms with Crippen molar-refractivity contribution in [3.63, 3.8) is 0 Å². The lowest BCUT2D eigenvalue weighted by molar-refractivity contribution is -0.115. The Kier molecular flexibility index (Phi) is 6.11. The quantitative estimate of drug-likeness (QED) is 0.633. The second kappa shape index (κ2) is 8.22. The number of amides is 1. The Bertz CT molecular complexity index is 950. The highest BCUT2D eigenvalue weighted by Crippen LogP contribution is 2.39. The number of carbonyl (C=O) groups is 1. The lowest BCUT2D eigenvalue weighted by Crippen LogP contribution is -2.30. The van der Waals surface area contributed by atoms with Crippen LogP contribution in [0.3, 0.4) is 0 Å². The van der Waals surface area contributed by atoms with Crippen LogP contribution in [0.15, 0.2) is 34.3 Å². The van der Waals surface area contributed by atoms with E-state index < -0.39 is 10.0 Å². The largest absolute Gasteiger partial charge is 0.325 e. The molecule has 1 heterocycles. The number of hydrogen-bond donors (Lipinski definition) is 2. The van der Waals surface area contributed by atoms with E-state index in [0.717, 1.165) is 23.8 Å². The number of hydrogen-bond acceptors (Lipinski definition) is 6. The highest BCUT2D eigenvalue weighted by molar-refractivity contribution is 8.00. The van der Waals surface area contributed by atoms with Gasteiger partial charge >= 0.3 is 0 Å². The summed E-state index contributed by atoms with van der Waals surface area (Å²) in [5.41, 5.74) is 0.542. The van der Waals surface area contributed by atoms with Gasteiger partial charge in [-0.15, -0.1) is 10.2 Å². The first-order chi connectivity index (χ1) is 13.2. The van der Waals surface area contributed by atoms with Crippen LogP contribution in [0, 0.1) is 6.92 Å². The monoisotopic (exact) mass is 423 g/mol. The van der Waals surface area contributed by atoms with Crippen LogP contribution in [-0.2, 0) is 14.8 Å². The van der Waals surface area contributed by atoms with Crippen LogP contribution in [0.4, 0.5) is 5.69 Å². The van der Waals surface area contributed by atoms with Gasteiger partial charge in [0.15, 0.2) is 5.16 Å². The van der Waals surface area contributed by atoms with Gasteiger partial charge in [0.05, 0.1) is 10.1 Å². The van der Waals surface area contributed by atoms with Crippen LogP contribution in [0.5, 0.6) is 0 Å². The van der Waals surface area contributed by atoms with Crippen molar-refractivity contribution in [3.05, 3.63) is 30.1 Å². The minimum Gasteiger partial charge on any atom is -0.325 e. The molecule has 2 N–H and O–H groups in total. The topological polar surface area (TPSA) is 106 Å². The molecular weight excluding hydrogens is 398 g/mol. The van der Waals surface area contributed by atoms with E-state index in [9.17, 15) is 13.2 Å². The highest BCUT2D eigenvalue weighted by atomic mass is 32.2. The zero-order chi connectivity index (χ0) is 20.5. The fourth-order valence-electron chi connectivity index (χ4n) is 2.73. The summed E-state index contributed by atoms with van der Waals surface area (Å²) in [6.45, 7) is 7.25. The van der Waals surface area contributed by atoms with Crippen molar-refractivity contribution in [3.8, 4) is 0 Å². The minimum absolute atomic E-state index is 0.162. The van der Waals surface area contributed by atoms with Crippen molar-refractivity contribution < 1.29 is 13.2 Å². The Labute approximate surface area is 169 Å². The van der Waals surface area contributed by atoms with Gasteiger partial charge in [0.2, 0.25) is 15.9 Å². The van der Waals surface area contributed by atoms with E-state index in [1.807, 2.05) is 13.8 Å². The van der Waals surface area contributed by atoms with E-state index in [4.69, 9.17) is 0 Å². The zero-order valence-electron chi connectivity index (χ0n) is 16.3. The SMILES string of the molecule is Cc1nnc(S[C@H](C)C(=O)Nc2ccc(S(=O)(=O)NC(C)C)cc2)n1C1CC1. The van der Waals surface area contributed by atoms with Crippen molar-refractivity contribution in [2.75, 3.05) is 5.32 Å². The molecule has 1 aromatic heterocycles. The van der Waals surface area contributed by atoms with Gasteiger partial charge in [-0.2, -0.15) is 0 Å². The van der Waals surface area contributed by atoms with E-state index in [-0.39, 0.29) is 22.1 Å². The van der Waals surface area contributed by atoms with Crippen LogP contribution >= 0.6 is 11.8 Å². The Morgan fingerprint density at radius 2 is 1.82 bits per heavy atom. The number of anilines is 1. The molecule has 1 fully saturated rings. The van der Waals surface area contributed by atoms with Gasteiger partial charge in [-0.1, -0.05) is 11.8 Å². The van der Waals surface area contributed by atoms with Gasteiger partial charge in [-0.05, 0) is 64.8 Å². The van der Waals surface area contributed by atoms with Gasteiger partial charge in [0, 0.05) is 17.8 Å². The first-order valence-corrected chi connectivity index (χ1v) is 11.5. The Hall–Kier alpha value is -1.91. The van der Waals surface area contributed by atoms with Crippen molar-refractivity contribution >= 4 is 33.4 Å². The summed E-state index contributed by atoms with van der Waals surface area (Å²) in [4.78, 5) is 12.7. The van der Waals surface area contributed by atoms with Gasteiger partial charge in [0.1, 0.15) is 5.82 Å². The van der Waals surface area contributed by atoms with E-state index in [1.165, 1.54) is 23.9 Å². The average molecular weight is 424 g/mol. The summed E-state index contributed by atoms with van der Waals surface area (Å²) >= 11 is 1.37. The molecule has 3 rings (SSSR count). The number of nitrogens with one attached hydrogen (secondary N) is 2. The maximum Gasteiger partial charge on any atom is 0.240 e. The van der Waals surface area contributed by atoms with Gasteiger partial charge in [-0.3, -0.25) is 4.79 Å². The summed E-state index contributed by atoms with van der Waals surface area (Å²) in [6.07, 6.45) is 2.24. The molecule has 152 valence electrons. The number of benzene rings is 1. The molecule has 0 unspecified atom stereocenters. The van der Waals surface area contributed by atoms with E-state index in [0.29, 0.717) is 11.7 Å². The maximum absolute atomic E-state index is 12.5. The van der Waals surface area contributed by atoms with Gasteiger partial charge in [-0.25, -0.2) is 13.1 Å². The Balaban J connectivity index is 1.63. The third-order valence-electron chi connectivity index (χ3n) is 4.22. The molecule has 0 bridgehead atoms. The Morgan fingerprint density at radius 3 is 2.39 bits per heavy atom. The molecule has 8 nitrogen and oxygen atoms in total. The van der Waals surface area contributed by atoms with E-state index in [2.05, 4.69) is 24.8 Å². The standard InChI is InChI=1S/C18H25N5O3S2/c1-11(2)22-28(25,26)16-9-5-14(6-10-16)19-17(24)12(3)27-18-21-20-13(4)23(18)15-7-8-15/h5-6,9-12,15,22H,7-8H2,1-4H3,(H,19,24)/t12-/m1/s1. The average Bonchev–Trinajstić information content (AvgIpc) is 3.38. The number of aromatic nitrogens is 3. The van der Waals surface area contributed by atoms with Crippen LogP contribution in [0.25, 0.3) is 0 Å². The number of thioether (sulfide) groups is 1. The van der Waals surface area contributed by atoms with E-state index >= 15 is 0 Å². The van der Waals surface area contributed by atoms with Gasteiger partial charge in [0.25, 0.3) is 0 Å². The summed E-state index contributed by atoms with van der Waals surface area (Å²) in [6, 6.07) is 6.38. The van der Waals surface area contributed by atoms with Crippen LogP contribution in [0.1, 0.15) is 45.5 Å². The smallest absolute Gasteiger partial charge is 0.240 e. The molecule has 1 aliphatic rings. The summed E-state index contributed by atoms with van der Waals surface area (Å²) in [5.74, 6) is 0.688. The number of aryl methyl sites for hydroxylation is 1. The molecule has 1 aliphatic carbocycles. The fraction of sp³-hybridized carbons (Fsp3) is 0.500. The van der Waals surface area contributed by atoms with Crippen molar-refractivity contribution in [1.82, 2.24) is 19.5 Å². The number of rotatable bonds is 8. The molecule has 0 spiro atoms. The first kappa shape index (κ1) is 20.8. The summed E-state index contributed by atoms with van der Waals surface area (Å²) < 4.78 is 29.0. The predicted octanol–water partition coefficient (Wildman–Crippen LogP) is 2.73. The number of sulfonamides is 1. The molecule has 1 saturated carbocycles. The van der Waals surface area contributed by atoms with Crippen molar-refractivity contribution in [2.24, 2.45) is 0 Å². The lowest BCUT2D eigenvalue weighted by atomic mass is 10.3. The molecule has 10 heteroatoms.